The van der Waals surface area contributed by atoms with Crippen LogP contribution in [-0.4, -0.2) is 16.9 Å². The Hall–Kier alpha value is -2.00. The number of benzene rings is 2. The number of fused-ring (bicyclic) bond motifs is 3. The van der Waals surface area contributed by atoms with Gasteiger partial charge < -0.3 is 4.74 Å². The minimum absolute atomic E-state index is 0.0679. The first-order valence-corrected chi connectivity index (χ1v) is 7.88. The Morgan fingerprint density at radius 3 is 2.73 bits per heavy atom. The van der Waals surface area contributed by atoms with Gasteiger partial charge in [0.1, 0.15) is 5.75 Å². The summed E-state index contributed by atoms with van der Waals surface area (Å²) in [5.74, 6) is 0.915. The molecule has 2 heterocycles. The van der Waals surface area contributed by atoms with Gasteiger partial charge in [-0.25, -0.2) is 0 Å². The van der Waals surface area contributed by atoms with Crippen LogP contribution in [0.1, 0.15) is 36.1 Å². The number of hydrogen-bond acceptors (Lipinski definition) is 3. The molecule has 0 radical (unpaired) electrons. The van der Waals surface area contributed by atoms with Gasteiger partial charge in [0.15, 0.2) is 6.23 Å². The predicted octanol–water partition coefficient (Wildman–Crippen LogP) is 4.54. The molecule has 0 N–H and O–H groups in total. The van der Waals surface area contributed by atoms with E-state index in [9.17, 15) is 0 Å². The second-order valence-electron chi connectivity index (χ2n) is 5.91. The van der Waals surface area contributed by atoms with Gasteiger partial charge >= 0.3 is 0 Å². The smallest absolute Gasteiger partial charge is 0.185 e. The highest BCUT2D eigenvalue weighted by Gasteiger charge is 2.38. The highest BCUT2D eigenvalue weighted by Crippen LogP contribution is 2.43. The number of rotatable bonds is 1. The topological polar surface area (TPSA) is 24.8 Å². The second kappa shape index (κ2) is 5.03. The summed E-state index contributed by atoms with van der Waals surface area (Å²) in [5, 5.41) is 7.59. The first-order chi connectivity index (χ1) is 10.6. The monoisotopic (exact) mass is 312 g/mol. The van der Waals surface area contributed by atoms with Gasteiger partial charge in [0.05, 0.1) is 11.8 Å². The van der Waals surface area contributed by atoms with Gasteiger partial charge in [-0.3, -0.25) is 5.01 Å². The van der Waals surface area contributed by atoms with Gasteiger partial charge in [0.2, 0.25) is 0 Å². The molecule has 0 bridgehead atoms. The molecule has 2 aliphatic rings. The van der Waals surface area contributed by atoms with Gasteiger partial charge in [-0.2, -0.15) is 5.10 Å². The van der Waals surface area contributed by atoms with Crippen LogP contribution >= 0.6 is 11.6 Å². The van der Waals surface area contributed by atoms with Crippen molar-refractivity contribution in [3.63, 3.8) is 0 Å². The fourth-order valence-electron chi connectivity index (χ4n) is 3.16. The van der Waals surface area contributed by atoms with Crippen molar-refractivity contribution in [2.24, 2.45) is 5.10 Å². The first-order valence-electron chi connectivity index (χ1n) is 7.51. The molecule has 4 rings (SSSR count). The van der Waals surface area contributed by atoms with E-state index in [2.05, 4.69) is 31.2 Å². The molecule has 4 heteroatoms. The van der Waals surface area contributed by atoms with Crippen molar-refractivity contribution in [2.45, 2.75) is 32.5 Å². The molecule has 0 spiro atoms. The Labute approximate surface area is 135 Å². The number of halogens is 1. The maximum atomic E-state index is 6.16. The van der Waals surface area contributed by atoms with E-state index in [0.717, 1.165) is 28.5 Å². The highest BCUT2D eigenvalue weighted by molar-refractivity contribution is 6.30. The van der Waals surface area contributed by atoms with E-state index in [0.29, 0.717) is 0 Å². The third kappa shape index (κ3) is 2.17. The van der Waals surface area contributed by atoms with Crippen molar-refractivity contribution >= 4 is 17.3 Å². The predicted molar refractivity (Wildman–Crippen MR) is 88.5 cm³/mol. The zero-order chi connectivity index (χ0) is 15.3. The van der Waals surface area contributed by atoms with Gasteiger partial charge in [0.25, 0.3) is 0 Å². The summed E-state index contributed by atoms with van der Waals surface area (Å²) in [6.07, 6.45) is 0.811. The molecule has 0 saturated carbocycles. The van der Waals surface area contributed by atoms with E-state index in [4.69, 9.17) is 21.4 Å². The van der Waals surface area contributed by atoms with E-state index in [1.54, 1.807) is 0 Å². The largest absolute Gasteiger partial charge is 0.469 e. The lowest BCUT2D eigenvalue weighted by atomic mass is 9.96. The lowest BCUT2D eigenvalue weighted by Crippen LogP contribution is -2.37. The lowest BCUT2D eigenvalue weighted by molar-refractivity contribution is -0.00334. The number of ether oxygens (including phenoxy) is 1. The molecule has 112 valence electrons. The van der Waals surface area contributed by atoms with Crippen LogP contribution < -0.4 is 4.74 Å². The molecular formula is C18H17ClN2O. The van der Waals surface area contributed by atoms with Crippen LogP contribution in [0.2, 0.25) is 5.02 Å². The van der Waals surface area contributed by atoms with Crippen molar-refractivity contribution in [1.82, 2.24) is 5.01 Å². The van der Waals surface area contributed by atoms with Gasteiger partial charge in [-0.05, 0) is 37.6 Å². The standard InChI is InChI=1S/C18H17ClN2O/c1-11-3-5-13(6-4-11)16-10-17-15-9-14(19)7-8-18(15)22-12(2)21(17)20-16/h3-9,12,17H,10H2,1-2H3/t12-,17+/m0/s1. The molecule has 22 heavy (non-hydrogen) atoms. The Kier molecular flexibility index (Phi) is 3.12. The van der Waals surface area contributed by atoms with Crippen LogP contribution in [-0.2, 0) is 0 Å². The van der Waals surface area contributed by atoms with Gasteiger partial charge in [-0.15, -0.1) is 0 Å². The average Bonchev–Trinajstić information content (AvgIpc) is 2.95. The minimum atomic E-state index is -0.0679. The highest BCUT2D eigenvalue weighted by atomic mass is 35.5. The van der Waals surface area contributed by atoms with Crippen LogP contribution in [0.3, 0.4) is 0 Å². The summed E-state index contributed by atoms with van der Waals surface area (Å²) in [6, 6.07) is 14.5. The molecule has 2 aromatic rings. The van der Waals surface area contributed by atoms with Crippen LogP contribution in [0, 0.1) is 6.92 Å². The SMILES string of the molecule is Cc1ccc(C2=NN3[C@H](C)Oc4ccc(Cl)cc4[C@H]3C2)cc1. The van der Waals surface area contributed by atoms with Crippen molar-refractivity contribution in [1.29, 1.82) is 0 Å². The van der Waals surface area contributed by atoms with E-state index in [-0.39, 0.29) is 12.3 Å². The van der Waals surface area contributed by atoms with E-state index in [1.165, 1.54) is 11.1 Å². The van der Waals surface area contributed by atoms with E-state index in [1.807, 2.05) is 30.1 Å². The maximum absolute atomic E-state index is 6.16. The Bertz CT molecular complexity index is 754. The van der Waals surface area contributed by atoms with E-state index < -0.39 is 0 Å². The van der Waals surface area contributed by atoms with Crippen molar-refractivity contribution in [2.75, 3.05) is 0 Å². The Morgan fingerprint density at radius 2 is 1.95 bits per heavy atom. The fraction of sp³-hybridized carbons (Fsp3) is 0.278. The van der Waals surface area contributed by atoms with E-state index >= 15 is 0 Å². The average molecular weight is 313 g/mol. The van der Waals surface area contributed by atoms with Crippen molar-refractivity contribution in [3.05, 3.63) is 64.2 Å². The van der Waals surface area contributed by atoms with Gasteiger partial charge in [0, 0.05) is 17.0 Å². The molecule has 2 aromatic carbocycles. The molecule has 2 atom stereocenters. The molecule has 0 aliphatic carbocycles. The second-order valence-corrected chi connectivity index (χ2v) is 6.35. The molecule has 3 nitrogen and oxygen atoms in total. The summed E-state index contributed by atoms with van der Waals surface area (Å²) in [5.41, 5.74) is 4.66. The summed E-state index contributed by atoms with van der Waals surface area (Å²) in [7, 11) is 0. The molecule has 0 fully saturated rings. The van der Waals surface area contributed by atoms with Crippen molar-refractivity contribution < 1.29 is 4.74 Å². The zero-order valence-corrected chi connectivity index (χ0v) is 13.3. The number of hydrazone groups is 1. The summed E-state index contributed by atoms with van der Waals surface area (Å²) >= 11 is 6.16. The number of aryl methyl sites for hydroxylation is 1. The van der Waals surface area contributed by atoms with Crippen LogP contribution in [0.15, 0.2) is 47.6 Å². The maximum Gasteiger partial charge on any atom is 0.185 e. The lowest BCUT2D eigenvalue weighted by Gasteiger charge is -2.36. The number of hydrogen-bond donors (Lipinski definition) is 0. The first kappa shape index (κ1) is 13.6. The fourth-order valence-corrected chi connectivity index (χ4v) is 3.34. The minimum Gasteiger partial charge on any atom is -0.469 e. The third-order valence-electron chi connectivity index (χ3n) is 4.33. The normalized spacial score (nSPS) is 22.7. The van der Waals surface area contributed by atoms with Gasteiger partial charge in [-0.1, -0.05) is 41.4 Å². The summed E-state index contributed by atoms with van der Waals surface area (Å²) < 4.78 is 5.96. The zero-order valence-electron chi connectivity index (χ0n) is 12.6. The Balaban J connectivity index is 1.72. The molecule has 0 amide bonds. The number of nitrogens with zero attached hydrogens (tertiary/aromatic N) is 2. The molecule has 0 unspecified atom stereocenters. The molecule has 0 saturated heterocycles. The van der Waals surface area contributed by atoms with Crippen LogP contribution in [0.4, 0.5) is 0 Å². The summed E-state index contributed by atoms with van der Waals surface area (Å²) in [4.78, 5) is 0. The van der Waals surface area contributed by atoms with Crippen LogP contribution in [0.25, 0.3) is 0 Å². The molecule has 2 aliphatic heterocycles. The molecular weight excluding hydrogens is 296 g/mol. The third-order valence-corrected chi connectivity index (χ3v) is 4.56. The summed E-state index contributed by atoms with van der Waals surface area (Å²) in [6.45, 7) is 4.13. The quantitative estimate of drug-likeness (QED) is 0.772. The Morgan fingerprint density at radius 1 is 1.18 bits per heavy atom. The van der Waals surface area contributed by atoms with Crippen molar-refractivity contribution in [3.8, 4) is 5.75 Å². The van der Waals surface area contributed by atoms with Crippen LogP contribution in [0.5, 0.6) is 5.75 Å². The molecule has 0 aromatic heterocycles.